The molecule has 1 N–H and O–H groups in total. The molecule has 0 saturated carbocycles. The highest BCUT2D eigenvalue weighted by molar-refractivity contribution is 6.30. The van der Waals surface area contributed by atoms with Gasteiger partial charge >= 0.3 is 0 Å². The lowest BCUT2D eigenvalue weighted by Crippen LogP contribution is -2.28. The highest BCUT2D eigenvalue weighted by Crippen LogP contribution is 2.19. The van der Waals surface area contributed by atoms with Crippen molar-refractivity contribution in [2.75, 3.05) is 5.32 Å². The van der Waals surface area contributed by atoms with Crippen LogP contribution < -0.4 is 10.9 Å². The molecule has 0 aliphatic carbocycles. The Hall–Kier alpha value is -2.73. The summed E-state index contributed by atoms with van der Waals surface area (Å²) in [5.74, 6) is -1.16. The second-order valence-corrected chi connectivity index (χ2v) is 5.28. The Morgan fingerprint density at radius 1 is 1.26 bits per heavy atom. The number of hydrogen-bond acceptors (Lipinski definition) is 3. The van der Waals surface area contributed by atoms with Crippen molar-refractivity contribution in [3.05, 3.63) is 69.9 Å². The number of carbonyl (C=O) groups is 1. The van der Waals surface area contributed by atoms with Gasteiger partial charge in [0.25, 0.3) is 5.56 Å². The Labute approximate surface area is 135 Å². The SMILES string of the molecule is O=C(Cn1c(=O)cnc2ccccc21)Nc1ccc(Cl)cc1F. The molecule has 0 fully saturated rings. The maximum Gasteiger partial charge on any atom is 0.269 e. The van der Waals surface area contributed by atoms with E-state index in [9.17, 15) is 14.0 Å². The number of rotatable bonds is 3. The number of nitrogens with zero attached hydrogens (tertiary/aromatic N) is 2. The molecule has 0 spiro atoms. The molecule has 0 atom stereocenters. The van der Waals surface area contributed by atoms with Gasteiger partial charge < -0.3 is 5.32 Å². The Kier molecular flexibility index (Phi) is 4.08. The average molecular weight is 332 g/mol. The quantitative estimate of drug-likeness (QED) is 0.802. The molecule has 0 aliphatic rings. The lowest BCUT2D eigenvalue weighted by molar-refractivity contribution is -0.116. The number of hydrogen-bond donors (Lipinski definition) is 1. The first kappa shape index (κ1) is 15.2. The summed E-state index contributed by atoms with van der Waals surface area (Å²) in [6, 6.07) is 10.9. The minimum absolute atomic E-state index is 0.00538. The van der Waals surface area contributed by atoms with Gasteiger partial charge in [0, 0.05) is 5.02 Å². The van der Waals surface area contributed by atoms with Crippen LogP contribution in [0.2, 0.25) is 5.02 Å². The maximum absolute atomic E-state index is 13.7. The van der Waals surface area contributed by atoms with Gasteiger partial charge in [-0.3, -0.25) is 14.2 Å². The van der Waals surface area contributed by atoms with Crippen LogP contribution in [0.5, 0.6) is 0 Å². The van der Waals surface area contributed by atoms with Gasteiger partial charge in [-0.05, 0) is 30.3 Å². The zero-order chi connectivity index (χ0) is 16.4. The highest BCUT2D eigenvalue weighted by atomic mass is 35.5. The van der Waals surface area contributed by atoms with Gasteiger partial charge in [0.1, 0.15) is 12.4 Å². The van der Waals surface area contributed by atoms with Crippen molar-refractivity contribution in [3.8, 4) is 0 Å². The third kappa shape index (κ3) is 3.22. The Morgan fingerprint density at radius 3 is 2.83 bits per heavy atom. The number of para-hydroxylation sites is 2. The largest absolute Gasteiger partial charge is 0.322 e. The summed E-state index contributed by atoms with van der Waals surface area (Å²) >= 11 is 5.66. The second kappa shape index (κ2) is 6.18. The molecule has 0 bridgehead atoms. The minimum Gasteiger partial charge on any atom is -0.322 e. The minimum atomic E-state index is -0.641. The van der Waals surface area contributed by atoms with E-state index in [2.05, 4.69) is 10.3 Å². The van der Waals surface area contributed by atoms with E-state index in [1.807, 2.05) is 0 Å². The van der Waals surface area contributed by atoms with E-state index in [1.54, 1.807) is 24.3 Å². The van der Waals surface area contributed by atoms with Crippen molar-refractivity contribution in [1.29, 1.82) is 0 Å². The number of aromatic nitrogens is 2. The predicted octanol–water partition coefficient (Wildman–Crippen LogP) is 2.83. The van der Waals surface area contributed by atoms with Gasteiger partial charge in [-0.2, -0.15) is 0 Å². The number of carbonyl (C=O) groups excluding carboxylic acids is 1. The fraction of sp³-hybridized carbons (Fsp3) is 0.0625. The molecule has 3 aromatic rings. The summed E-state index contributed by atoms with van der Waals surface area (Å²) in [5.41, 5.74) is 0.727. The number of anilines is 1. The Morgan fingerprint density at radius 2 is 2.04 bits per heavy atom. The standard InChI is InChI=1S/C16H11ClFN3O2/c17-10-5-6-12(11(18)7-10)20-15(22)9-21-14-4-2-1-3-13(14)19-8-16(21)23/h1-8H,9H2,(H,20,22). The van der Waals surface area contributed by atoms with Crippen molar-refractivity contribution in [2.45, 2.75) is 6.54 Å². The number of benzene rings is 2. The van der Waals surface area contributed by atoms with Crippen LogP contribution in [0.4, 0.5) is 10.1 Å². The van der Waals surface area contributed by atoms with E-state index in [-0.39, 0.29) is 17.3 Å². The van der Waals surface area contributed by atoms with Crippen LogP contribution in [0.15, 0.2) is 53.5 Å². The van der Waals surface area contributed by atoms with Crippen LogP contribution in [0.1, 0.15) is 0 Å². The Balaban J connectivity index is 1.89. The molecule has 0 saturated heterocycles. The van der Waals surface area contributed by atoms with Gasteiger partial charge in [-0.1, -0.05) is 23.7 Å². The molecule has 0 radical (unpaired) electrons. The van der Waals surface area contributed by atoms with Crippen LogP contribution in [-0.4, -0.2) is 15.5 Å². The third-order valence-corrected chi connectivity index (χ3v) is 3.49. The molecule has 1 amide bonds. The highest BCUT2D eigenvalue weighted by Gasteiger charge is 2.11. The zero-order valence-electron chi connectivity index (χ0n) is 11.8. The van der Waals surface area contributed by atoms with E-state index in [0.717, 1.165) is 12.3 Å². The van der Waals surface area contributed by atoms with Crippen molar-refractivity contribution in [1.82, 2.24) is 9.55 Å². The summed E-state index contributed by atoms with van der Waals surface area (Å²) in [5, 5.41) is 2.66. The smallest absolute Gasteiger partial charge is 0.269 e. The van der Waals surface area contributed by atoms with Crippen LogP contribution >= 0.6 is 11.6 Å². The molecule has 1 heterocycles. The van der Waals surface area contributed by atoms with E-state index < -0.39 is 17.3 Å². The molecule has 23 heavy (non-hydrogen) atoms. The molecule has 1 aromatic heterocycles. The van der Waals surface area contributed by atoms with Crippen molar-refractivity contribution >= 4 is 34.2 Å². The fourth-order valence-corrected chi connectivity index (χ4v) is 2.36. The lowest BCUT2D eigenvalue weighted by Gasteiger charge is -2.10. The summed E-state index contributed by atoms with van der Waals surface area (Å²) < 4.78 is 15.0. The first-order valence-corrected chi connectivity index (χ1v) is 7.12. The van der Waals surface area contributed by atoms with E-state index in [0.29, 0.717) is 11.0 Å². The van der Waals surface area contributed by atoms with Gasteiger partial charge in [0.05, 0.1) is 22.9 Å². The van der Waals surface area contributed by atoms with Gasteiger partial charge in [0.2, 0.25) is 5.91 Å². The lowest BCUT2D eigenvalue weighted by atomic mass is 10.3. The topological polar surface area (TPSA) is 64.0 Å². The van der Waals surface area contributed by atoms with Gasteiger partial charge in [-0.15, -0.1) is 0 Å². The van der Waals surface area contributed by atoms with Crippen molar-refractivity contribution in [3.63, 3.8) is 0 Å². The van der Waals surface area contributed by atoms with Crippen LogP contribution in [0.25, 0.3) is 11.0 Å². The fourth-order valence-electron chi connectivity index (χ4n) is 2.20. The number of halogens is 2. The molecule has 116 valence electrons. The maximum atomic E-state index is 13.7. The number of fused-ring (bicyclic) bond motifs is 1. The molecule has 3 rings (SSSR count). The van der Waals surface area contributed by atoms with Crippen LogP contribution in [0, 0.1) is 5.82 Å². The third-order valence-electron chi connectivity index (χ3n) is 3.26. The van der Waals surface area contributed by atoms with Crippen molar-refractivity contribution in [2.24, 2.45) is 0 Å². The van der Waals surface area contributed by atoms with Crippen LogP contribution in [0.3, 0.4) is 0 Å². The van der Waals surface area contributed by atoms with Gasteiger partial charge in [0.15, 0.2) is 0 Å². The van der Waals surface area contributed by atoms with Crippen LogP contribution in [-0.2, 0) is 11.3 Å². The zero-order valence-corrected chi connectivity index (χ0v) is 12.5. The molecule has 7 heteroatoms. The monoisotopic (exact) mass is 331 g/mol. The predicted molar refractivity (Wildman–Crippen MR) is 86.0 cm³/mol. The molecular formula is C16H11ClFN3O2. The van der Waals surface area contributed by atoms with E-state index in [4.69, 9.17) is 11.6 Å². The second-order valence-electron chi connectivity index (χ2n) is 4.84. The number of amides is 1. The van der Waals surface area contributed by atoms with E-state index >= 15 is 0 Å². The first-order chi connectivity index (χ1) is 11.0. The normalized spacial score (nSPS) is 10.7. The summed E-state index contributed by atoms with van der Waals surface area (Å²) in [7, 11) is 0. The van der Waals surface area contributed by atoms with E-state index in [1.165, 1.54) is 16.7 Å². The summed E-state index contributed by atoms with van der Waals surface area (Å²) in [6.07, 6.45) is 1.15. The molecule has 0 aliphatic heterocycles. The average Bonchev–Trinajstić information content (AvgIpc) is 2.53. The van der Waals surface area contributed by atoms with Crippen molar-refractivity contribution < 1.29 is 9.18 Å². The first-order valence-electron chi connectivity index (χ1n) is 6.74. The number of nitrogens with one attached hydrogen (secondary N) is 1. The molecular weight excluding hydrogens is 321 g/mol. The summed E-state index contributed by atoms with van der Waals surface area (Å²) in [4.78, 5) is 28.1. The molecule has 0 unspecified atom stereocenters. The summed E-state index contributed by atoms with van der Waals surface area (Å²) in [6.45, 7) is -0.246. The molecule has 5 nitrogen and oxygen atoms in total. The Bertz CT molecular complexity index is 955. The molecule has 2 aromatic carbocycles. The van der Waals surface area contributed by atoms with Gasteiger partial charge in [-0.25, -0.2) is 9.37 Å².